The second-order valence-electron chi connectivity index (χ2n) is 4.43. The minimum Gasteiger partial charge on any atom is -0.376 e. The van der Waals surface area contributed by atoms with E-state index in [4.69, 9.17) is 13.7 Å². The topological polar surface area (TPSA) is 61.8 Å². The standard InChI is InChI=1S/C13H18O5S/c1-3-17-12-8-16-9-13(12)18-19(14,15)11-6-4-10(2)5-7-11/h4-7,12-13H,3,8-9H2,1-2H3/t12-,13-/m1/s1. The molecular weight excluding hydrogens is 268 g/mol. The molecule has 1 aliphatic rings. The van der Waals surface area contributed by atoms with E-state index in [1.807, 2.05) is 13.8 Å². The van der Waals surface area contributed by atoms with Crippen LogP contribution in [0.25, 0.3) is 0 Å². The first kappa shape index (κ1) is 14.5. The molecule has 5 nitrogen and oxygen atoms in total. The highest BCUT2D eigenvalue weighted by molar-refractivity contribution is 7.86. The number of ether oxygens (including phenoxy) is 2. The van der Waals surface area contributed by atoms with E-state index in [0.29, 0.717) is 13.2 Å². The van der Waals surface area contributed by atoms with Crippen molar-refractivity contribution < 1.29 is 22.1 Å². The van der Waals surface area contributed by atoms with E-state index in [1.165, 1.54) is 12.1 Å². The first-order valence-corrected chi connectivity index (χ1v) is 7.63. The molecule has 6 heteroatoms. The van der Waals surface area contributed by atoms with Gasteiger partial charge >= 0.3 is 0 Å². The number of benzene rings is 1. The lowest BCUT2D eigenvalue weighted by Crippen LogP contribution is -2.32. The fourth-order valence-electron chi connectivity index (χ4n) is 1.90. The highest BCUT2D eigenvalue weighted by atomic mass is 32.2. The zero-order valence-corrected chi connectivity index (χ0v) is 11.9. The van der Waals surface area contributed by atoms with Crippen LogP contribution in [0.15, 0.2) is 29.2 Å². The molecule has 0 radical (unpaired) electrons. The Hall–Kier alpha value is -0.950. The molecule has 0 unspecified atom stereocenters. The maximum absolute atomic E-state index is 12.1. The van der Waals surface area contributed by atoms with Gasteiger partial charge < -0.3 is 9.47 Å². The van der Waals surface area contributed by atoms with Crippen LogP contribution in [0.4, 0.5) is 0 Å². The molecule has 106 valence electrons. The first-order chi connectivity index (χ1) is 9.03. The van der Waals surface area contributed by atoms with E-state index >= 15 is 0 Å². The predicted molar refractivity (Wildman–Crippen MR) is 69.5 cm³/mol. The van der Waals surface area contributed by atoms with Crippen molar-refractivity contribution in [1.82, 2.24) is 0 Å². The summed E-state index contributed by atoms with van der Waals surface area (Å²) in [7, 11) is -3.77. The molecule has 0 aliphatic carbocycles. The summed E-state index contributed by atoms with van der Waals surface area (Å²) in [6, 6.07) is 6.55. The van der Waals surface area contributed by atoms with Gasteiger partial charge in [-0.1, -0.05) is 17.7 Å². The van der Waals surface area contributed by atoms with Gasteiger partial charge in [0.05, 0.1) is 18.1 Å². The molecule has 1 fully saturated rings. The van der Waals surface area contributed by atoms with Crippen molar-refractivity contribution in [3.63, 3.8) is 0 Å². The minimum atomic E-state index is -3.77. The summed E-state index contributed by atoms with van der Waals surface area (Å²) in [5, 5.41) is 0. The molecular formula is C13H18O5S. The number of hydrogen-bond donors (Lipinski definition) is 0. The van der Waals surface area contributed by atoms with Gasteiger partial charge in [0.1, 0.15) is 12.2 Å². The van der Waals surface area contributed by atoms with Crippen LogP contribution < -0.4 is 0 Å². The normalized spacial score (nSPS) is 23.7. The lowest BCUT2D eigenvalue weighted by Gasteiger charge is -2.17. The van der Waals surface area contributed by atoms with E-state index in [2.05, 4.69) is 0 Å². The maximum atomic E-state index is 12.1. The Morgan fingerprint density at radius 1 is 1.21 bits per heavy atom. The van der Waals surface area contributed by atoms with Crippen LogP contribution in [0.1, 0.15) is 12.5 Å². The molecule has 0 aromatic heterocycles. The van der Waals surface area contributed by atoms with Gasteiger partial charge in [-0.05, 0) is 26.0 Å². The van der Waals surface area contributed by atoms with Crippen LogP contribution in [0.5, 0.6) is 0 Å². The average Bonchev–Trinajstić information content (AvgIpc) is 2.77. The zero-order valence-electron chi connectivity index (χ0n) is 11.0. The van der Waals surface area contributed by atoms with Crippen molar-refractivity contribution in [1.29, 1.82) is 0 Å². The van der Waals surface area contributed by atoms with Crippen LogP contribution >= 0.6 is 0 Å². The van der Waals surface area contributed by atoms with Crippen LogP contribution in [-0.4, -0.2) is 40.4 Å². The Balaban J connectivity index is 2.10. The highest BCUT2D eigenvalue weighted by Gasteiger charge is 2.34. The van der Waals surface area contributed by atoms with E-state index in [0.717, 1.165) is 5.56 Å². The molecule has 2 rings (SSSR count). The lowest BCUT2D eigenvalue weighted by molar-refractivity contribution is 0.00829. The Labute approximate surface area is 113 Å². The zero-order chi connectivity index (χ0) is 13.9. The first-order valence-electron chi connectivity index (χ1n) is 6.22. The SMILES string of the molecule is CCO[C@@H]1COC[C@H]1OS(=O)(=O)c1ccc(C)cc1. The summed E-state index contributed by atoms with van der Waals surface area (Å²) in [5.41, 5.74) is 0.996. The quantitative estimate of drug-likeness (QED) is 0.768. The van der Waals surface area contributed by atoms with E-state index in [1.54, 1.807) is 12.1 Å². The number of rotatable bonds is 5. The molecule has 1 heterocycles. The molecule has 0 spiro atoms. The van der Waals surface area contributed by atoms with Crippen molar-refractivity contribution in [2.24, 2.45) is 0 Å². The van der Waals surface area contributed by atoms with Crippen LogP contribution in [0.2, 0.25) is 0 Å². The third kappa shape index (κ3) is 3.54. The van der Waals surface area contributed by atoms with Crippen LogP contribution in [0.3, 0.4) is 0 Å². The summed E-state index contributed by atoms with van der Waals surface area (Å²) in [4.78, 5) is 0.153. The molecule has 1 aliphatic heterocycles. The van der Waals surface area contributed by atoms with Gasteiger partial charge in [0, 0.05) is 6.61 Å². The molecule has 0 N–H and O–H groups in total. The fourth-order valence-corrected chi connectivity index (χ4v) is 2.98. The second-order valence-corrected chi connectivity index (χ2v) is 6.01. The minimum absolute atomic E-state index is 0.153. The molecule has 0 amide bonds. The summed E-state index contributed by atoms with van der Waals surface area (Å²) >= 11 is 0. The van der Waals surface area contributed by atoms with Crippen molar-refractivity contribution in [2.75, 3.05) is 19.8 Å². The summed E-state index contributed by atoms with van der Waals surface area (Å²) in [5.74, 6) is 0. The highest BCUT2D eigenvalue weighted by Crippen LogP contribution is 2.20. The number of hydrogen-bond acceptors (Lipinski definition) is 5. The summed E-state index contributed by atoms with van der Waals surface area (Å²) < 4.78 is 40.1. The molecule has 19 heavy (non-hydrogen) atoms. The van der Waals surface area contributed by atoms with Crippen LogP contribution in [-0.2, 0) is 23.8 Å². The summed E-state index contributed by atoms with van der Waals surface area (Å²) in [6.07, 6.45) is -0.906. The molecule has 2 atom stereocenters. The fraction of sp³-hybridized carbons (Fsp3) is 0.538. The largest absolute Gasteiger partial charge is 0.376 e. The van der Waals surface area contributed by atoms with Crippen molar-refractivity contribution in [3.05, 3.63) is 29.8 Å². The monoisotopic (exact) mass is 286 g/mol. The maximum Gasteiger partial charge on any atom is 0.297 e. The van der Waals surface area contributed by atoms with Gasteiger partial charge in [0.15, 0.2) is 0 Å². The average molecular weight is 286 g/mol. The third-order valence-electron chi connectivity index (χ3n) is 2.92. The molecule has 1 aromatic carbocycles. The Morgan fingerprint density at radius 3 is 2.47 bits per heavy atom. The van der Waals surface area contributed by atoms with E-state index in [9.17, 15) is 8.42 Å². The van der Waals surface area contributed by atoms with Gasteiger partial charge in [0.25, 0.3) is 10.1 Å². The predicted octanol–water partition coefficient (Wildman–Crippen LogP) is 1.50. The van der Waals surface area contributed by atoms with Crippen molar-refractivity contribution in [3.8, 4) is 0 Å². The van der Waals surface area contributed by atoms with Crippen LogP contribution in [0, 0.1) is 6.92 Å². The van der Waals surface area contributed by atoms with Gasteiger partial charge in [-0.25, -0.2) is 0 Å². The van der Waals surface area contributed by atoms with Crippen molar-refractivity contribution >= 4 is 10.1 Å². The molecule has 1 aromatic rings. The Kier molecular flexibility index (Phi) is 4.57. The third-order valence-corrected chi connectivity index (χ3v) is 4.27. The van der Waals surface area contributed by atoms with Gasteiger partial charge in [0.2, 0.25) is 0 Å². The van der Waals surface area contributed by atoms with Gasteiger partial charge in [-0.3, -0.25) is 4.18 Å². The lowest BCUT2D eigenvalue weighted by atomic mass is 10.2. The van der Waals surface area contributed by atoms with Gasteiger partial charge in [-0.2, -0.15) is 8.42 Å². The molecule has 1 saturated heterocycles. The Bertz CT molecular complexity index is 508. The molecule has 0 saturated carbocycles. The summed E-state index contributed by atoms with van der Waals surface area (Å²) in [6.45, 7) is 4.84. The second kappa shape index (κ2) is 6.00. The molecule has 0 bridgehead atoms. The van der Waals surface area contributed by atoms with Gasteiger partial charge in [-0.15, -0.1) is 0 Å². The van der Waals surface area contributed by atoms with Crippen molar-refractivity contribution in [2.45, 2.75) is 31.0 Å². The Morgan fingerprint density at radius 2 is 1.84 bits per heavy atom. The van der Waals surface area contributed by atoms with E-state index < -0.39 is 16.2 Å². The van der Waals surface area contributed by atoms with E-state index in [-0.39, 0.29) is 17.6 Å². The number of aryl methyl sites for hydroxylation is 1. The smallest absolute Gasteiger partial charge is 0.297 e.